The van der Waals surface area contributed by atoms with E-state index in [0.29, 0.717) is 5.69 Å². The van der Waals surface area contributed by atoms with Gasteiger partial charge in [-0.3, -0.25) is 14.4 Å². The number of carbonyl (C=O) groups is 3. The van der Waals surface area contributed by atoms with E-state index in [-0.39, 0.29) is 36.1 Å². The molecule has 2 amide bonds. The summed E-state index contributed by atoms with van der Waals surface area (Å²) in [6.07, 6.45) is 2.03. The molecular weight excluding hydrogens is 296 g/mol. The summed E-state index contributed by atoms with van der Waals surface area (Å²) in [5, 5.41) is 13.7. The lowest BCUT2D eigenvalue weighted by Crippen LogP contribution is -2.30. The van der Waals surface area contributed by atoms with Crippen molar-refractivity contribution in [1.82, 2.24) is 5.32 Å². The van der Waals surface area contributed by atoms with Crippen LogP contribution in [0.25, 0.3) is 0 Å². The summed E-state index contributed by atoms with van der Waals surface area (Å²) in [6.45, 7) is 3.83. The molecule has 124 valence electrons. The third-order valence-electron chi connectivity index (χ3n) is 4.50. The number of aliphatic carboxylic acids is 1. The van der Waals surface area contributed by atoms with E-state index >= 15 is 0 Å². The minimum absolute atomic E-state index is 0.0429. The monoisotopic (exact) mass is 318 g/mol. The number of carboxylic acid groups (broad SMARTS) is 1. The van der Waals surface area contributed by atoms with Crippen LogP contribution >= 0.6 is 0 Å². The second-order valence-electron chi connectivity index (χ2n) is 6.30. The Morgan fingerprint density at radius 1 is 1.26 bits per heavy atom. The molecule has 0 radical (unpaired) electrons. The fourth-order valence-corrected chi connectivity index (χ4v) is 2.56. The van der Waals surface area contributed by atoms with Crippen LogP contribution in [0.1, 0.15) is 32.3 Å². The Morgan fingerprint density at radius 2 is 1.91 bits per heavy atom. The first-order valence-corrected chi connectivity index (χ1v) is 7.72. The molecule has 1 aliphatic carbocycles. The van der Waals surface area contributed by atoms with Gasteiger partial charge in [-0.25, -0.2) is 0 Å². The normalized spacial score (nSPS) is 22.3. The van der Waals surface area contributed by atoms with Gasteiger partial charge in [-0.1, -0.05) is 26.0 Å². The van der Waals surface area contributed by atoms with Gasteiger partial charge in [0.15, 0.2) is 0 Å². The van der Waals surface area contributed by atoms with Crippen molar-refractivity contribution < 1.29 is 19.5 Å². The minimum atomic E-state index is -1.07. The maximum absolute atomic E-state index is 12.1. The molecule has 2 rings (SSSR count). The molecule has 0 saturated heterocycles. The molecular formula is C17H22N2O4. The van der Waals surface area contributed by atoms with E-state index in [9.17, 15) is 14.4 Å². The van der Waals surface area contributed by atoms with Crippen molar-refractivity contribution >= 4 is 23.5 Å². The predicted octanol–water partition coefficient (Wildman–Crippen LogP) is 1.80. The molecule has 0 bridgehead atoms. The third-order valence-corrected chi connectivity index (χ3v) is 4.50. The number of hydrogen-bond donors (Lipinski definition) is 3. The zero-order chi connectivity index (χ0) is 17.0. The third kappa shape index (κ3) is 4.55. The van der Waals surface area contributed by atoms with E-state index in [0.717, 1.165) is 18.4 Å². The quantitative estimate of drug-likeness (QED) is 0.714. The van der Waals surface area contributed by atoms with Gasteiger partial charge in [-0.05, 0) is 36.0 Å². The molecule has 0 aliphatic heterocycles. The van der Waals surface area contributed by atoms with E-state index in [2.05, 4.69) is 24.5 Å². The number of benzene rings is 1. The van der Waals surface area contributed by atoms with Gasteiger partial charge in [-0.2, -0.15) is 0 Å². The number of anilines is 1. The van der Waals surface area contributed by atoms with Gasteiger partial charge in [0.25, 0.3) is 0 Å². The van der Waals surface area contributed by atoms with Gasteiger partial charge >= 0.3 is 5.97 Å². The number of hydrogen-bond acceptors (Lipinski definition) is 3. The summed E-state index contributed by atoms with van der Waals surface area (Å²) in [7, 11) is 0. The summed E-state index contributed by atoms with van der Waals surface area (Å²) in [5.41, 5.74) is 1.59. The summed E-state index contributed by atoms with van der Waals surface area (Å²) < 4.78 is 0. The van der Waals surface area contributed by atoms with Crippen molar-refractivity contribution in [2.45, 2.75) is 33.1 Å². The van der Waals surface area contributed by atoms with E-state index < -0.39 is 5.97 Å². The largest absolute Gasteiger partial charge is 0.480 e. The van der Waals surface area contributed by atoms with Gasteiger partial charge in [-0.15, -0.1) is 0 Å². The van der Waals surface area contributed by atoms with Crippen LogP contribution in [-0.2, 0) is 20.8 Å². The van der Waals surface area contributed by atoms with Gasteiger partial charge in [0.2, 0.25) is 11.8 Å². The van der Waals surface area contributed by atoms with E-state index in [1.807, 2.05) is 0 Å². The molecule has 1 saturated carbocycles. The molecule has 2 unspecified atom stereocenters. The van der Waals surface area contributed by atoms with Crippen LogP contribution < -0.4 is 10.6 Å². The highest BCUT2D eigenvalue weighted by molar-refractivity contribution is 5.95. The zero-order valence-corrected chi connectivity index (χ0v) is 13.4. The zero-order valence-electron chi connectivity index (χ0n) is 13.4. The average Bonchev–Trinajstić information content (AvgIpc) is 3.20. The lowest BCUT2D eigenvalue weighted by atomic mass is 10.0. The van der Waals surface area contributed by atoms with Gasteiger partial charge in [0, 0.05) is 11.6 Å². The molecule has 1 aromatic carbocycles. The topological polar surface area (TPSA) is 95.5 Å². The molecule has 1 aromatic rings. The first-order chi connectivity index (χ1) is 10.8. The van der Waals surface area contributed by atoms with Crippen molar-refractivity contribution in [3.05, 3.63) is 29.8 Å². The van der Waals surface area contributed by atoms with Crippen LogP contribution in [0.3, 0.4) is 0 Å². The number of rotatable bonds is 7. The highest BCUT2D eigenvalue weighted by Crippen LogP contribution is 2.55. The summed E-state index contributed by atoms with van der Waals surface area (Å²) >= 11 is 0. The van der Waals surface area contributed by atoms with Crippen molar-refractivity contribution in [3.8, 4) is 0 Å². The van der Waals surface area contributed by atoms with Gasteiger partial charge < -0.3 is 15.7 Å². The lowest BCUT2D eigenvalue weighted by molar-refractivity contribution is -0.137. The standard InChI is InChI=1S/C17H22N2O4/c1-3-17(2)9-13(17)16(23)19-12-6-4-11(5-7-12)8-14(20)18-10-15(21)22/h4-7,13H,3,8-10H2,1-2H3,(H,18,20)(H,19,23)(H,21,22). The van der Waals surface area contributed by atoms with Crippen molar-refractivity contribution in [2.75, 3.05) is 11.9 Å². The highest BCUT2D eigenvalue weighted by atomic mass is 16.4. The van der Waals surface area contributed by atoms with Gasteiger partial charge in [0.05, 0.1) is 6.42 Å². The lowest BCUT2D eigenvalue weighted by Gasteiger charge is -2.09. The fourth-order valence-electron chi connectivity index (χ4n) is 2.56. The Labute approximate surface area is 135 Å². The Hall–Kier alpha value is -2.37. The van der Waals surface area contributed by atoms with Crippen LogP contribution in [0.4, 0.5) is 5.69 Å². The highest BCUT2D eigenvalue weighted by Gasteiger charge is 2.52. The summed E-state index contributed by atoms with van der Waals surface area (Å²) in [6, 6.07) is 7.01. The second kappa shape index (κ2) is 6.81. The maximum atomic E-state index is 12.1. The molecule has 1 aliphatic rings. The summed E-state index contributed by atoms with van der Waals surface area (Å²) in [5.74, 6) is -1.30. The van der Waals surface area contributed by atoms with Gasteiger partial charge in [0.1, 0.15) is 6.54 Å². The molecule has 2 atom stereocenters. The molecule has 1 fully saturated rings. The van der Waals surface area contributed by atoms with Crippen LogP contribution in [0, 0.1) is 11.3 Å². The minimum Gasteiger partial charge on any atom is -0.480 e. The SMILES string of the molecule is CCC1(C)CC1C(=O)Nc1ccc(CC(=O)NCC(=O)O)cc1. The van der Waals surface area contributed by atoms with Crippen LogP contribution in [0.15, 0.2) is 24.3 Å². The van der Waals surface area contributed by atoms with Crippen LogP contribution in [-0.4, -0.2) is 29.4 Å². The number of carboxylic acids is 1. The molecule has 0 spiro atoms. The van der Waals surface area contributed by atoms with E-state index in [1.54, 1.807) is 24.3 Å². The first kappa shape index (κ1) is 17.0. The molecule has 23 heavy (non-hydrogen) atoms. The first-order valence-electron chi connectivity index (χ1n) is 7.72. The Morgan fingerprint density at radius 3 is 2.43 bits per heavy atom. The Balaban J connectivity index is 1.84. The number of carbonyl (C=O) groups excluding carboxylic acids is 2. The van der Waals surface area contributed by atoms with E-state index in [4.69, 9.17) is 5.11 Å². The maximum Gasteiger partial charge on any atom is 0.322 e. The van der Waals surface area contributed by atoms with Crippen molar-refractivity contribution in [1.29, 1.82) is 0 Å². The number of nitrogens with one attached hydrogen (secondary N) is 2. The average molecular weight is 318 g/mol. The van der Waals surface area contributed by atoms with Crippen molar-refractivity contribution in [2.24, 2.45) is 11.3 Å². The molecule has 0 heterocycles. The van der Waals surface area contributed by atoms with Crippen molar-refractivity contribution in [3.63, 3.8) is 0 Å². The smallest absolute Gasteiger partial charge is 0.322 e. The van der Waals surface area contributed by atoms with Crippen LogP contribution in [0.2, 0.25) is 0 Å². The molecule has 6 heteroatoms. The molecule has 0 aromatic heterocycles. The van der Waals surface area contributed by atoms with Crippen LogP contribution in [0.5, 0.6) is 0 Å². The fraction of sp³-hybridized carbons (Fsp3) is 0.471. The molecule has 3 N–H and O–H groups in total. The Bertz CT molecular complexity index is 612. The number of amides is 2. The predicted molar refractivity (Wildman–Crippen MR) is 85.9 cm³/mol. The Kier molecular flexibility index (Phi) is 5.03. The summed E-state index contributed by atoms with van der Waals surface area (Å²) in [4.78, 5) is 34.0. The molecule has 6 nitrogen and oxygen atoms in total. The van der Waals surface area contributed by atoms with E-state index in [1.165, 1.54) is 0 Å². The second-order valence-corrected chi connectivity index (χ2v) is 6.30.